The van der Waals surface area contributed by atoms with Crippen LogP contribution >= 0.6 is 11.3 Å². The van der Waals surface area contributed by atoms with Crippen molar-refractivity contribution in [1.29, 1.82) is 0 Å². The zero-order valence-electron chi connectivity index (χ0n) is 18.8. The minimum absolute atomic E-state index is 0.158. The van der Waals surface area contributed by atoms with Gasteiger partial charge in [0, 0.05) is 48.2 Å². The molecule has 13 heteroatoms. The van der Waals surface area contributed by atoms with Gasteiger partial charge in [-0.1, -0.05) is 0 Å². The molecule has 1 aliphatic heterocycles. The van der Waals surface area contributed by atoms with Gasteiger partial charge in [-0.2, -0.15) is 0 Å². The molecule has 0 aliphatic carbocycles. The van der Waals surface area contributed by atoms with Crippen molar-refractivity contribution >= 4 is 39.2 Å². The lowest BCUT2D eigenvalue weighted by atomic mass is 10.2. The third kappa shape index (κ3) is 4.96. The van der Waals surface area contributed by atoms with Gasteiger partial charge in [0.15, 0.2) is 11.6 Å². The fourth-order valence-electron chi connectivity index (χ4n) is 3.57. The van der Waals surface area contributed by atoms with Crippen LogP contribution in [0.1, 0.15) is 15.2 Å². The topological polar surface area (TPSA) is 148 Å². The largest absolute Gasteiger partial charge is 0.481 e. The van der Waals surface area contributed by atoms with E-state index >= 15 is 0 Å². The SMILES string of the molecule is COc1ccc(-c2nc(N3CCOCC3)c3sc(CNc4ncc(C(=O)NO)cn4)cc3n2)cn1. The van der Waals surface area contributed by atoms with Crippen LogP contribution in [0.4, 0.5) is 11.8 Å². The number of carbonyl (C=O) groups excluding carboxylic acids is 1. The molecule has 12 nitrogen and oxygen atoms in total. The van der Waals surface area contributed by atoms with Gasteiger partial charge >= 0.3 is 0 Å². The Balaban J connectivity index is 1.44. The van der Waals surface area contributed by atoms with E-state index in [1.807, 2.05) is 12.1 Å². The van der Waals surface area contributed by atoms with Crippen molar-refractivity contribution < 1.29 is 19.5 Å². The Morgan fingerprint density at radius 3 is 2.66 bits per heavy atom. The number of pyridine rings is 1. The maximum atomic E-state index is 11.4. The summed E-state index contributed by atoms with van der Waals surface area (Å²) in [4.78, 5) is 36.9. The first-order valence-electron chi connectivity index (χ1n) is 10.8. The quantitative estimate of drug-likeness (QED) is 0.256. The molecule has 0 radical (unpaired) electrons. The number of carbonyl (C=O) groups is 1. The van der Waals surface area contributed by atoms with E-state index in [4.69, 9.17) is 24.6 Å². The predicted octanol–water partition coefficient (Wildman–Crippen LogP) is 2.12. The van der Waals surface area contributed by atoms with Crippen molar-refractivity contribution in [2.24, 2.45) is 0 Å². The number of hydrogen-bond acceptors (Lipinski definition) is 12. The number of hydrogen-bond donors (Lipinski definition) is 3. The smallest absolute Gasteiger partial charge is 0.277 e. The number of methoxy groups -OCH3 is 1. The Morgan fingerprint density at radius 1 is 1.17 bits per heavy atom. The number of ether oxygens (including phenoxy) is 2. The molecule has 0 unspecified atom stereocenters. The van der Waals surface area contributed by atoms with Gasteiger partial charge in [0.2, 0.25) is 11.8 Å². The van der Waals surface area contributed by atoms with Gasteiger partial charge in [-0.3, -0.25) is 10.0 Å². The molecule has 4 aromatic heterocycles. The number of morpholine rings is 1. The molecule has 0 atom stereocenters. The van der Waals surface area contributed by atoms with Crippen LogP contribution in [-0.4, -0.2) is 69.4 Å². The summed E-state index contributed by atoms with van der Waals surface area (Å²) in [5.41, 5.74) is 3.35. The van der Waals surface area contributed by atoms with Crippen LogP contribution < -0.4 is 20.4 Å². The van der Waals surface area contributed by atoms with Gasteiger partial charge in [-0.25, -0.2) is 30.4 Å². The highest BCUT2D eigenvalue weighted by Gasteiger charge is 2.20. The molecule has 180 valence electrons. The lowest BCUT2D eigenvalue weighted by molar-refractivity contribution is 0.0705. The zero-order valence-corrected chi connectivity index (χ0v) is 19.6. The monoisotopic (exact) mass is 494 g/mol. The molecule has 1 aliphatic rings. The standard InChI is InChI=1S/C22H22N8O4S/c1-33-17-3-2-13(9-23-17)19-27-16-8-15(12-26-22-24-10-14(11-25-22)21(31)29-32)35-18(16)20(28-19)30-4-6-34-7-5-30/h2-3,8-11,32H,4-7,12H2,1H3,(H,29,31)(H,24,25,26). The Bertz CT molecular complexity index is 1320. The first kappa shape index (κ1) is 22.8. The van der Waals surface area contributed by atoms with E-state index in [0.29, 0.717) is 37.4 Å². The average molecular weight is 495 g/mol. The summed E-state index contributed by atoms with van der Waals surface area (Å²) in [6.07, 6.45) is 4.38. The van der Waals surface area contributed by atoms with Gasteiger partial charge in [-0.05, 0) is 12.1 Å². The maximum absolute atomic E-state index is 11.4. The summed E-state index contributed by atoms with van der Waals surface area (Å²) in [6, 6.07) is 5.70. The first-order chi connectivity index (χ1) is 17.1. The van der Waals surface area contributed by atoms with Crippen LogP contribution in [0, 0.1) is 0 Å². The van der Waals surface area contributed by atoms with E-state index in [1.165, 1.54) is 12.4 Å². The highest BCUT2D eigenvalue weighted by atomic mass is 32.1. The first-order valence-corrected chi connectivity index (χ1v) is 11.6. The summed E-state index contributed by atoms with van der Waals surface area (Å²) < 4.78 is 11.7. The molecule has 4 aromatic rings. The van der Waals surface area contributed by atoms with Crippen LogP contribution in [0.3, 0.4) is 0 Å². The maximum Gasteiger partial charge on any atom is 0.277 e. The molecular weight excluding hydrogens is 472 g/mol. The molecule has 0 aromatic carbocycles. The average Bonchev–Trinajstić information content (AvgIpc) is 3.35. The fourth-order valence-corrected chi connectivity index (χ4v) is 4.62. The number of hydroxylamine groups is 1. The second kappa shape index (κ2) is 10.1. The number of amides is 1. The Morgan fingerprint density at radius 2 is 1.97 bits per heavy atom. The minimum Gasteiger partial charge on any atom is -0.481 e. The molecule has 5 rings (SSSR count). The molecule has 0 spiro atoms. The van der Waals surface area contributed by atoms with E-state index in [1.54, 1.807) is 36.2 Å². The summed E-state index contributed by atoms with van der Waals surface area (Å²) in [5.74, 6) is 1.68. The molecular formula is C22H22N8O4S. The van der Waals surface area contributed by atoms with Crippen LogP contribution in [-0.2, 0) is 11.3 Å². The van der Waals surface area contributed by atoms with Gasteiger partial charge in [-0.15, -0.1) is 11.3 Å². The second-order valence-corrected chi connectivity index (χ2v) is 8.71. The van der Waals surface area contributed by atoms with E-state index in [2.05, 4.69) is 25.2 Å². The Kier molecular flexibility index (Phi) is 6.61. The lowest BCUT2D eigenvalue weighted by Crippen LogP contribution is -2.36. The summed E-state index contributed by atoms with van der Waals surface area (Å²) >= 11 is 1.60. The van der Waals surface area contributed by atoms with Crippen molar-refractivity contribution in [2.45, 2.75) is 6.54 Å². The van der Waals surface area contributed by atoms with Gasteiger partial charge < -0.3 is 19.7 Å². The number of fused-ring (bicyclic) bond motifs is 1. The van der Waals surface area contributed by atoms with Crippen molar-refractivity contribution in [3.05, 3.63) is 47.2 Å². The molecule has 5 heterocycles. The Hall–Kier alpha value is -3.94. The van der Waals surface area contributed by atoms with Crippen molar-refractivity contribution in [3.63, 3.8) is 0 Å². The van der Waals surface area contributed by atoms with E-state index < -0.39 is 5.91 Å². The highest BCUT2D eigenvalue weighted by molar-refractivity contribution is 7.19. The second-order valence-electron chi connectivity index (χ2n) is 7.58. The predicted molar refractivity (Wildman–Crippen MR) is 129 cm³/mol. The fraction of sp³-hybridized carbons (Fsp3) is 0.273. The van der Waals surface area contributed by atoms with Crippen molar-refractivity contribution in [1.82, 2.24) is 30.4 Å². The third-order valence-corrected chi connectivity index (χ3v) is 6.48. The normalized spacial score (nSPS) is 13.6. The van der Waals surface area contributed by atoms with E-state index in [9.17, 15) is 4.79 Å². The van der Waals surface area contributed by atoms with Gasteiger partial charge in [0.1, 0.15) is 0 Å². The van der Waals surface area contributed by atoms with Crippen LogP contribution in [0.5, 0.6) is 5.88 Å². The van der Waals surface area contributed by atoms with Crippen molar-refractivity contribution in [3.8, 4) is 17.3 Å². The minimum atomic E-state index is -0.668. The number of nitrogens with one attached hydrogen (secondary N) is 2. The third-order valence-electron chi connectivity index (χ3n) is 5.36. The summed E-state index contributed by atoms with van der Waals surface area (Å²) in [6.45, 7) is 3.26. The summed E-state index contributed by atoms with van der Waals surface area (Å²) in [7, 11) is 1.58. The van der Waals surface area contributed by atoms with Gasteiger partial charge in [0.05, 0.1) is 42.6 Å². The van der Waals surface area contributed by atoms with Crippen molar-refractivity contribution in [2.75, 3.05) is 43.6 Å². The number of nitrogens with zero attached hydrogens (tertiary/aromatic N) is 6. The molecule has 3 N–H and O–H groups in total. The van der Waals surface area contributed by atoms with Crippen LogP contribution in [0.2, 0.25) is 0 Å². The number of aromatic nitrogens is 5. The molecule has 0 bridgehead atoms. The molecule has 1 saturated heterocycles. The molecule has 1 fully saturated rings. The van der Waals surface area contributed by atoms with E-state index in [-0.39, 0.29) is 5.56 Å². The molecule has 35 heavy (non-hydrogen) atoms. The van der Waals surface area contributed by atoms with Gasteiger partial charge in [0.25, 0.3) is 5.91 Å². The Labute approximate surface area is 204 Å². The molecule has 1 amide bonds. The summed E-state index contributed by atoms with van der Waals surface area (Å²) in [5, 5.41) is 11.9. The number of rotatable bonds is 7. The van der Waals surface area contributed by atoms with Crippen LogP contribution in [0.15, 0.2) is 36.8 Å². The van der Waals surface area contributed by atoms with Crippen LogP contribution in [0.25, 0.3) is 21.6 Å². The lowest BCUT2D eigenvalue weighted by Gasteiger charge is -2.28. The number of thiophene rings is 1. The van der Waals surface area contributed by atoms with E-state index in [0.717, 1.165) is 39.6 Å². The zero-order chi connectivity index (χ0) is 24.2. The number of anilines is 2. The highest BCUT2D eigenvalue weighted by Crippen LogP contribution is 2.34. The molecule has 0 saturated carbocycles.